The van der Waals surface area contributed by atoms with E-state index in [1.54, 1.807) is 0 Å². The summed E-state index contributed by atoms with van der Waals surface area (Å²) in [6, 6.07) is 5.16. The zero-order valence-electron chi connectivity index (χ0n) is 22.3. The van der Waals surface area contributed by atoms with Gasteiger partial charge >= 0.3 is 0 Å². The third kappa shape index (κ3) is 6.22. The second kappa shape index (κ2) is 12.7. The van der Waals surface area contributed by atoms with Gasteiger partial charge in [0.15, 0.2) is 23.5 Å². The molecule has 0 radical (unpaired) electrons. The summed E-state index contributed by atoms with van der Waals surface area (Å²) in [7, 11) is 0. The second-order valence-electron chi connectivity index (χ2n) is 9.87. The minimum Gasteiger partial charge on any atom is -0.508 e. The molecule has 0 amide bonds. The standard InChI is InChI=1S/C27H30O16/c1-9(19(35)20(36)15(34)7-28)40-25-21(37)17(8-29)42-27(23(25)39)43-26-22(38)18-14(33)5-11(30)6-16(18)41-24(26)10-2-3-12(31)13(32)4-10/h2-7,9,15,17,19-21,23,25,27,29-37,39H,8H2,1H3. The molecule has 16 nitrogen and oxygen atoms in total. The summed E-state index contributed by atoms with van der Waals surface area (Å²) in [4.78, 5) is 24.4. The number of aliphatic hydroxyl groups is 6. The number of phenols is 4. The van der Waals surface area contributed by atoms with Crippen LogP contribution >= 0.6 is 0 Å². The lowest BCUT2D eigenvalue weighted by atomic mass is 9.97. The fourth-order valence-electron chi connectivity index (χ4n) is 4.55. The summed E-state index contributed by atoms with van der Waals surface area (Å²) in [5.41, 5.74) is -1.41. The number of hydrogen-bond donors (Lipinski definition) is 10. The van der Waals surface area contributed by atoms with Gasteiger partial charge in [-0.15, -0.1) is 0 Å². The molecule has 0 saturated carbocycles. The van der Waals surface area contributed by atoms with Crippen LogP contribution in [0, 0.1) is 0 Å². The zero-order chi connectivity index (χ0) is 31.7. The molecule has 9 atom stereocenters. The van der Waals surface area contributed by atoms with Gasteiger partial charge in [0.2, 0.25) is 17.5 Å². The predicted molar refractivity (Wildman–Crippen MR) is 141 cm³/mol. The van der Waals surface area contributed by atoms with Gasteiger partial charge < -0.3 is 74.5 Å². The molecule has 1 fully saturated rings. The molecule has 234 valence electrons. The topological polar surface area (TPSA) is 277 Å². The molecule has 9 unspecified atom stereocenters. The number of aromatic hydroxyl groups is 4. The van der Waals surface area contributed by atoms with Crippen LogP contribution in [-0.2, 0) is 14.3 Å². The fraction of sp³-hybridized carbons (Fsp3) is 0.407. The highest BCUT2D eigenvalue weighted by atomic mass is 16.7. The molecule has 2 heterocycles. The normalized spacial score (nSPS) is 25.1. The van der Waals surface area contributed by atoms with Crippen LogP contribution in [-0.4, -0.2) is 119 Å². The quantitative estimate of drug-likeness (QED) is 0.0891. The highest BCUT2D eigenvalue weighted by molar-refractivity contribution is 5.88. The third-order valence-electron chi connectivity index (χ3n) is 6.90. The average Bonchev–Trinajstić information content (AvgIpc) is 2.97. The van der Waals surface area contributed by atoms with E-state index in [0.717, 1.165) is 24.3 Å². The van der Waals surface area contributed by atoms with Crippen molar-refractivity contribution in [2.75, 3.05) is 6.61 Å². The van der Waals surface area contributed by atoms with Crippen molar-refractivity contribution in [1.29, 1.82) is 0 Å². The van der Waals surface area contributed by atoms with Gasteiger partial charge in [0.1, 0.15) is 65.2 Å². The smallest absolute Gasteiger partial charge is 0.239 e. The summed E-state index contributed by atoms with van der Waals surface area (Å²) in [5, 5.41) is 101. The summed E-state index contributed by atoms with van der Waals surface area (Å²) in [6.45, 7) is 0.331. The highest BCUT2D eigenvalue weighted by Gasteiger charge is 2.48. The van der Waals surface area contributed by atoms with Crippen molar-refractivity contribution < 1.29 is 74.5 Å². The second-order valence-corrected chi connectivity index (χ2v) is 9.87. The maximum atomic E-state index is 13.6. The number of aliphatic hydroxyl groups excluding tert-OH is 6. The molecule has 0 aliphatic carbocycles. The number of hydrogen-bond acceptors (Lipinski definition) is 16. The molecular formula is C27H30O16. The Balaban J connectivity index is 1.77. The predicted octanol–water partition coefficient (Wildman–Crippen LogP) is -1.84. The maximum Gasteiger partial charge on any atom is 0.239 e. The van der Waals surface area contributed by atoms with Crippen molar-refractivity contribution in [3.05, 3.63) is 40.6 Å². The van der Waals surface area contributed by atoms with E-state index in [1.807, 2.05) is 0 Å². The third-order valence-corrected chi connectivity index (χ3v) is 6.90. The SMILES string of the molecule is CC(OC1C(O)C(CO)OC(Oc2c(-c3ccc(O)c(O)c3)oc3cc(O)cc(O)c3c2=O)C1O)C(O)C(O)C(O)C=O. The molecule has 43 heavy (non-hydrogen) atoms. The number of carbonyl (C=O) groups excluding carboxylic acids is 1. The largest absolute Gasteiger partial charge is 0.508 e. The molecule has 1 aromatic heterocycles. The van der Waals surface area contributed by atoms with Crippen LogP contribution in [0.4, 0.5) is 0 Å². The lowest BCUT2D eigenvalue weighted by Gasteiger charge is -2.43. The molecule has 2 aromatic carbocycles. The molecule has 16 heteroatoms. The van der Waals surface area contributed by atoms with Crippen LogP contribution in [0.5, 0.6) is 28.7 Å². The fourth-order valence-corrected chi connectivity index (χ4v) is 4.55. The minimum absolute atomic E-state index is 0.0237. The van der Waals surface area contributed by atoms with Crippen LogP contribution < -0.4 is 10.2 Å². The Hall–Kier alpha value is -4.00. The number of carbonyl (C=O) groups is 1. The first kappa shape index (κ1) is 31.9. The summed E-state index contributed by atoms with van der Waals surface area (Å²) in [6.07, 6.45) is -16.2. The number of rotatable bonds is 10. The number of aldehydes is 1. The average molecular weight is 611 g/mol. The Labute approximate surface area is 241 Å². The first-order valence-corrected chi connectivity index (χ1v) is 12.8. The van der Waals surface area contributed by atoms with Gasteiger partial charge in [-0.05, 0) is 25.1 Å². The Morgan fingerprint density at radius 3 is 2.28 bits per heavy atom. The van der Waals surface area contributed by atoms with Crippen molar-refractivity contribution >= 4 is 17.3 Å². The van der Waals surface area contributed by atoms with E-state index in [9.17, 15) is 60.7 Å². The first-order chi connectivity index (χ1) is 20.3. The molecular weight excluding hydrogens is 580 g/mol. The summed E-state index contributed by atoms with van der Waals surface area (Å²) < 4.78 is 22.4. The molecule has 3 aromatic rings. The number of ether oxygens (including phenoxy) is 3. The number of benzene rings is 2. The summed E-state index contributed by atoms with van der Waals surface area (Å²) >= 11 is 0. The van der Waals surface area contributed by atoms with Crippen molar-refractivity contribution in [1.82, 2.24) is 0 Å². The van der Waals surface area contributed by atoms with E-state index in [4.69, 9.17) is 18.6 Å². The molecule has 1 saturated heterocycles. The van der Waals surface area contributed by atoms with Gasteiger partial charge in [0.25, 0.3) is 0 Å². The van der Waals surface area contributed by atoms with E-state index in [2.05, 4.69) is 0 Å². The van der Waals surface area contributed by atoms with Gasteiger partial charge in [-0.3, -0.25) is 4.79 Å². The molecule has 10 N–H and O–H groups in total. The van der Waals surface area contributed by atoms with E-state index in [-0.39, 0.29) is 17.4 Å². The van der Waals surface area contributed by atoms with Crippen molar-refractivity contribution in [3.8, 4) is 40.1 Å². The van der Waals surface area contributed by atoms with E-state index in [1.165, 1.54) is 13.0 Å². The molecule has 1 aliphatic heterocycles. The van der Waals surface area contributed by atoms with Crippen molar-refractivity contribution in [2.24, 2.45) is 0 Å². The minimum atomic E-state index is -2.00. The van der Waals surface area contributed by atoms with Gasteiger partial charge in [0, 0.05) is 17.7 Å². The van der Waals surface area contributed by atoms with Gasteiger partial charge in [-0.1, -0.05) is 0 Å². The van der Waals surface area contributed by atoms with Crippen LogP contribution in [0.2, 0.25) is 0 Å². The Kier molecular flexibility index (Phi) is 9.43. The lowest BCUT2D eigenvalue weighted by molar-refractivity contribution is -0.297. The summed E-state index contributed by atoms with van der Waals surface area (Å²) in [5.74, 6) is -3.45. The van der Waals surface area contributed by atoms with Crippen molar-refractivity contribution in [3.63, 3.8) is 0 Å². The molecule has 1 aliphatic rings. The van der Waals surface area contributed by atoms with Crippen LogP contribution in [0.3, 0.4) is 0 Å². The van der Waals surface area contributed by atoms with E-state index < -0.39 is 107 Å². The maximum absolute atomic E-state index is 13.6. The molecule has 0 spiro atoms. The van der Waals surface area contributed by atoms with Gasteiger partial charge in [0.05, 0.1) is 12.7 Å². The van der Waals surface area contributed by atoms with E-state index >= 15 is 0 Å². The Bertz CT molecular complexity index is 1520. The van der Waals surface area contributed by atoms with Crippen LogP contribution in [0.15, 0.2) is 39.5 Å². The molecule has 4 rings (SSSR count). The number of fused-ring (bicyclic) bond motifs is 1. The number of phenolic OH excluding ortho intramolecular Hbond substituents is 4. The van der Waals surface area contributed by atoms with Gasteiger partial charge in [-0.25, -0.2) is 0 Å². The monoisotopic (exact) mass is 610 g/mol. The first-order valence-electron chi connectivity index (χ1n) is 12.8. The van der Waals surface area contributed by atoms with Crippen LogP contribution in [0.25, 0.3) is 22.3 Å². The Morgan fingerprint density at radius 1 is 0.953 bits per heavy atom. The lowest BCUT2D eigenvalue weighted by Crippen LogP contribution is -2.62. The Morgan fingerprint density at radius 2 is 1.65 bits per heavy atom. The van der Waals surface area contributed by atoms with Crippen LogP contribution in [0.1, 0.15) is 6.92 Å². The van der Waals surface area contributed by atoms with E-state index in [0.29, 0.717) is 0 Å². The zero-order valence-corrected chi connectivity index (χ0v) is 22.3. The van der Waals surface area contributed by atoms with Gasteiger partial charge in [-0.2, -0.15) is 0 Å². The van der Waals surface area contributed by atoms with Crippen molar-refractivity contribution in [2.45, 2.75) is 62.0 Å². The molecule has 0 bridgehead atoms. The highest BCUT2D eigenvalue weighted by Crippen LogP contribution is 2.39.